The monoisotopic (exact) mass is 261 g/mol. The number of thiocarbonyl (C=S) groups is 1. The van der Waals surface area contributed by atoms with E-state index >= 15 is 0 Å². The van der Waals surface area contributed by atoms with E-state index in [1.54, 1.807) is 10.9 Å². The van der Waals surface area contributed by atoms with E-state index in [2.05, 4.69) is 15.4 Å². The molecule has 0 aliphatic rings. The van der Waals surface area contributed by atoms with Crippen molar-refractivity contribution in [1.82, 2.24) is 14.8 Å². The number of rotatable bonds is 5. The topological polar surface area (TPSA) is 68.8 Å². The maximum atomic E-state index is 5.48. The first-order valence-electron chi connectivity index (χ1n) is 5.63. The second-order valence-electron chi connectivity index (χ2n) is 3.95. The van der Waals surface area contributed by atoms with Crippen LogP contribution in [-0.2, 0) is 13.5 Å². The molecular weight excluding hydrogens is 246 g/mol. The minimum absolute atomic E-state index is 0.315. The molecule has 3 N–H and O–H groups in total. The van der Waals surface area contributed by atoms with Gasteiger partial charge >= 0.3 is 0 Å². The van der Waals surface area contributed by atoms with E-state index in [0.29, 0.717) is 10.7 Å². The highest BCUT2D eigenvalue weighted by Crippen LogP contribution is 2.06. The van der Waals surface area contributed by atoms with Crippen LogP contribution in [0.4, 0.5) is 5.69 Å². The number of nitrogens with two attached hydrogens (primary N) is 1. The highest BCUT2D eigenvalue weighted by molar-refractivity contribution is 7.80. The van der Waals surface area contributed by atoms with E-state index in [1.807, 2.05) is 31.4 Å². The molecule has 0 radical (unpaired) electrons. The summed E-state index contributed by atoms with van der Waals surface area (Å²) in [5.41, 5.74) is 8.14. The molecule has 0 aliphatic carbocycles. The molecule has 5 nitrogen and oxygen atoms in total. The standard InChI is InChI=1S/C12H15N5S/c1-17-7-5-9(16-17)4-6-14-10-2-3-11(12(13)18)15-8-10/h2-3,5,7-8,14H,4,6H2,1H3,(H2,13,18). The van der Waals surface area contributed by atoms with Crippen LogP contribution in [0.3, 0.4) is 0 Å². The Morgan fingerprint density at radius 2 is 2.28 bits per heavy atom. The second kappa shape index (κ2) is 5.59. The molecular formula is C12H15N5S. The van der Waals surface area contributed by atoms with Crippen LogP contribution in [-0.4, -0.2) is 26.3 Å². The average molecular weight is 261 g/mol. The van der Waals surface area contributed by atoms with Gasteiger partial charge in [-0.05, 0) is 18.2 Å². The zero-order chi connectivity index (χ0) is 13.0. The minimum Gasteiger partial charge on any atom is -0.388 e. The molecule has 0 atom stereocenters. The number of pyridine rings is 1. The second-order valence-corrected chi connectivity index (χ2v) is 4.39. The van der Waals surface area contributed by atoms with Crippen molar-refractivity contribution in [2.75, 3.05) is 11.9 Å². The van der Waals surface area contributed by atoms with Gasteiger partial charge in [0.05, 0.1) is 23.3 Å². The Bertz CT molecular complexity index is 532. The first-order chi connectivity index (χ1) is 8.65. The molecule has 0 aliphatic heterocycles. The van der Waals surface area contributed by atoms with E-state index in [4.69, 9.17) is 18.0 Å². The molecule has 2 aromatic rings. The molecule has 6 heteroatoms. The Hall–Kier alpha value is -1.95. The number of hydrogen-bond acceptors (Lipinski definition) is 4. The first kappa shape index (κ1) is 12.5. The van der Waals surface area contributed by atoms with Gasteiger partial charge in [0.2, 0.25) is 0 Å². The van der Waals surface area contributed by atoms with Crippen molar-refractivity contribution < 1.29 is 0 Å². The Labute approximate surface area is 111 Å². The molecule has 0 unspecified atom stereocenters. The maximum absolute atomic E-state index is 5.48. The van der Waals surface area contributed by atoms with Crippen LogP contribution in [0, 0.1) is 0 Å². The fourth-order valence-electron chi connectivity index (χ4n) is 1.58. The van der Waals surface area contributed by atoms with Crippen LogP contribution in [0.2, 0.25) is 0 Å². The third kappa shape index (κ3) is 3.27. The summed E-state index contributed by atoms with van der Waals surface area (Å²) in [4.78, 5) is 4.47. The van der Waals surface area contributed by atoms with Crippen LogP contribution in [0.25, 0.3) is 0 Å². The fourth-order valence-corrected chi connectivity index (χ4v) is 1.70. The van der Waals surface area contributed by atoms with Gasteiger partial charge in [0.25, 0.3) is 0 Å². The summed E-state index contributed by atoms with van der Waals surface area (Å²) in [5.74, 6) is 0. The molecule has 2 heterocycles. The summed E-state index contributed by atoms with van der Waals surface area (Å²) in [5, 5.41) is 7.58. The number of hydrogen-bond donors (Lipinski definition) is 2. The van der Waals surface area contributed by atoms with E-state index in [0.717, 1.165) is 24.3 Å². The zero-order valence-electron chi connectivity index (χ0n) is 10.1. The highest BCUT2D eigenvalue weighted by Gasteiger charge is 1.99. The highest BCUT2D eigenvalue weighted by atomic mass is 32.1. The number of nitrogens with one attached hydrogen (secondary N) is 1. The van der Waals surface area contributed by atoms with Gasteiger partial charge in [-0.15, -0.1) is 0 Å². The normalized spacial score (nSPS) is 10.3. The summed E-state index contributed by atoms with van der Waals surface area (Å²) in [6, 6.07) is 5.74. The molecule has 0 saturated carbocycles. The Balaban J connectivity index is 1.85. The molecule has 0 aromatic carbocycles. The van der Waals surface area contributed by atoms with Crippen molar-refractivity contribution in [3.63, 3.8) is 0 Å². The van der Waals surface area contributed by atoms with Crippen molar-refractivity contribution in [1.29, 1.82) is 0 Å². The van der Waals surface area contributed by atoms with Gasteiger partial charge in [-0.25, -0.2) is 0 Å². The third-order valence-electron chi connectivity index (χ3n) is 2.50. The summed E-state index contributed by atoms with van der Waals surface area (Å²) < 4.78 is 1.80. The van der Waals surface area contributed by atoms with Crippen LogP contribution in [0.15, 0.2) is 30.6 Å². The summed E-state index contributed by atoms with van der Waals surface area (Å²) in [6.45, 7) is 0.811. The molecule has 0 amide bonds. The van der Waals surface area contributed by atoms with Crippen LogP contribution in [0.5, 0.6) is 0 Å². The van der Waals surface area contributed by atoms with Crippen LogP contribution < -0.4 is 11.1 Å². The molecule has 0 spiro atoms. The quantitative estimate of drug-likeness (QED) is 0.789. The van der Waals surface area contributed by atoms with Gasteiger partial charge in [-0.3, -0.25) is 9.67 Å². The minimum atomic E-state index is 0.315. The predicted molar refractivity (Wildman–Crippen MR) is 75.5 cm³/mol. The Kier molecular flexibility index (Phi) is 3.88. The van der Waals surface area contributed by atoms with E-state index in [9.17, 15) is 0 Å². The number of anilines is 1. The molecule has 0 fully saturated rings. The van der Waals surface area contributed by atoms with Crippen LogP contribution in [0.1, 0.15) is 11.4 Å². The lowest BCUT2D eigenvalue weighted by Gasteiger charge is -2.05. The SMILES string of the molecule is Cn1ccc(CCNc2ccc(C(N)=S)nc2)n1. The van der Waals surface area contributed by atoms with Gasteiger partial charge in [0.1, 0.15) is 4.99 Å². The van der Waals surface area contributed by atoms with E-state index in [-0.39, 0.29) is 0 Å². The van der Waals surface area contributed by atoms with Crippen molar-refractivity contribution in [2.24, 2.45) is 12.8 Å². The molecule has 18 heavy (non-hydrogen) atoms. The summed E-state index contributed by atoms with van der Waals surface area (Å²) >= 11 is 4.84. The lowest BCUT2D eigenvalue weighted by atomic mass is 10.3. The van der Waals surface area contributed by atoms with Crippen molar-refractivity contribution >= 4 is 22.9 Å². The first-order valence-corrected chi connectivity index (χ1v) is 6.04. The van der Waals surface area contributed by atoms with Crippen molar-refractivity contribution in [2.45, 2.75) is 6.42 Å². The average Bonchev–Trinajstić information content (AvgIpc) is 2.76. The fraction of sp³-hybridized carbons (Fsp3) is 0.250. The maximum Gasteiger partial charge on any atom is 0.122 e. The van der Waals surface area contributed by atoms with Gasteiger partial charge < -0.3 is 11.1 Å². The molecule has 0 saturated heterocycles. The van der Waals surface area contributed by atoms with Gasteiger partial charge in [-0.1, -0.05) is 12.2 Å². The Morgan fingerprint density at radius 1 is 1.44 bits per heavy atom. The smallest absolute Gasteiger partial charge is 0.122 e. The number of aromatic nitrogens is 3. The molecule has 2 rings (SSSR count). The van der Waals surface area contributed by atoms with Gasteiger partial charge in [-0.2, -0.15) is 5.10 Å². The number of nitrogens with zero attached hydrogens (tertiary/aromatic N) is 3. The predicted octanol–water partition coefficient (Wildman–Crippen LogP) is 1.10. The molecule has 2 aromatic heterocycles. The molecule has 0 bridgehead atoms. The zero-order valence-corrected chi connectivity index (χ0v) is 10.9. The van der Waals surface area contributed by atoms with Gasteiger partial charge in [0.15, 0.2) is 0 Å². The van der Waals surface area contributed by atoms with E-state index < -0.39 is 0 Å². The lowest BCUT2D eigenvalue weighted by molar-refractivity contribution is 0.742. The summed E-state index contributed by atoms with van der Waals surface area (Å²) in [7, 11) is 1.91. The Morgan fingerprint density at radius 3 is 2.83 bits per heavy atom. The largest absolute Gasteiger partial charge is 0.388 e. The lowest BCUT2D eigenvalue weighted by Crippen LogP contribution is -2.12. The molecule has 94 valence electrons. The third-order valence-corrected chi connectivity index (χ3v) is 2.70. The van der Waals surface area contributed by atoms with Crippen molar-refractivity contribution in [3.05, 3.63) is 42.0 Å². The summed E-state index contributed by atoms with van der Waals surface area (Å²) in [6.07, 6.45) is 4.54. The van der Waals surface area contributed by atoms with Crippen LogP contribution >= 0.6 is 12.2 Å². The number of aryl methyl sites for hydroxylation is 1. The van der Waals surface area contributed by atoms with Gasteiger partial charge in [0, 0.05) is 26.2 Å². The van der Waals surface area contributed by atoms with Crippen molar-refractivity contribution in [3.8, 4) is 0 Å². The van der Waals surface area contributed by atoms with E-state index in [1.165, 1.54) is 0 Å².